The van der Waals surface area contributed by atoms with Crippen LogP contribution in [0.15, 0.2) is 34.9 Å². The number of rotatable bonds is 2. The molecule has 1 heterocycles. The summed E-state index contributed by atoms with van der Waals surface area (Å²) in [4.78, 5) is 7.80. The zero-order valence-electron chi connectivity index (χ0n) is 7.98. The normalized spacial score (nSPS) is 10.1. The number of hydrogen-bond acceptors (Lipinski definition) is 4. The lowest BCUT2D eigenvalue weighted by Crippen LogP contribution is -1.96. The van der Waals surface area contributed by atoms with Gasteiger partial charge in [0.2, 0.25) is 5.28 Å². The van der Waals surface area contributed by atoms with Gasteiger partial charge in [0, 0.05) is 6.20 Å². The molecule has 0 saturated carbocycles. The number of para-hydroxylation sites is 2. The average Bonchev–Trinajstić information content (AvgIpc) is 2.27. The van der Waals surface area contributed by atoms with Crippen LogP contribution in [0.1, 0.15) is 0 Å². The molecule has 16 heavy (non-hydrogen) atoms. The van der Waals surface area contributed by atoms with Gasteiger partial charge in [0.25, 0.3) is 0 Å². The Bertz CT molecular complexity index is 521. The lowest BCUT2D eigenvalue weighted by molar-refractivity contribution is 0.477. The molecule has 0 amide bonds. The van der Waals surface area contributed by atoms with Gasteiger partial charge in [-0.2, -0.15) is 4.98 Å². The minimum absolute atomic E-state index is 0.140. The van der Waals surface area contributed by atoms with E-state index < -0.39 is 0 Å². The standard InChI is InChI=1S/C10H7BrClN3O/c11-6-5-13-10(12)15-9(6)14-7-3-1-2-4-8(7)16/h1-5,16H,(H,13,14,15). The molecule has 0 aliphatic heterocycles. The highest BCUT2D eigenvalue weighted by molar-refractivity contribution is 9.10. The van der Waals surface area contributed by atoms with Gasteiger partial charge in [-0.15, -0.1) is 0 Å². The molecule has 1 aromatic carbocycles. The van der Waals surface area contributed by atoms with E-state index in [1.54, 1.807) is 24.3 Å². The average molecular weight is 301 g/mol. The van der Waals surface area contributed by atoms with Gasteiger partial charge in [0.1, 0.15) is 11.6 Å². The molecule has 2 N–H and O–H groups in total. The van der Waals surface area contributed by atoms with Crippen molar-refractivity contribution in [1.29, 1.82) is 0 Å². The summed E-state index contributed by atoms with van der Waals surface area (Å²) in [6.07, 6.45) is 1.54. The topological polar surface area (TPSA) is 58.0 Å². The van der Waals surface area contributed by atoms with Crippen molar-refractivity contribution in [2.24, 2.45) is 0 Å². The molecule has 0 unspecified atom stereocenters. The smallest absolute Gasteiger partial charge is 0.224 e. The highest BCUT2D eigenvalue weighted by Crippen LogP contribution is 2.28. The molecule has 1 aromatic heterocycles. The fourth-order valence-electron chi connectivity index (χ4n) is 1.14. The number of aromatic hydroxyl groups is 1. The molecule has 2 aromatic rings. The Morgan fingerprint density at radius 1 is 1.31 bits per heavy atom. The van der Waals surface area contributed by atoms with E-state index >= 15 is 0 Å². The number of phenols is 1. The van der Waals surface area contributed by atoms with Crippen LogP contribution in [0, 0.1) is 0 Å². The molecular weight excluding hydrogens is 293 g/mol. The van der Waals surface area contributed by atoms with E-state index in [0.29, 0.717) is 16.0 Å². The third-order valence-corrected chi connectivity index (χ3v) is 2.63. The zero-order valence-corrected chi connectivity index (χ0v) is 10.3. The first-order valence-corrected chi connectivity index (χ1v) is 5.57. The minimum atomic E-state index is 0.140. The summed E-state index contributed by atoms with van der Waals surface area (Å²) >= 11 is 8.96. The molecule has 2 rings (SSSR count). The third kappa shape index (κ3) is 2.43. The van der Waals surface area contributed by atoms with Crippen LogP contribution in [0.2, 0.25) is 5.28 Å². The summed E-state index contributed by atoms with van der Waals surface area (Å²) in [5.41, 5.74) is 0.554. The number of aromatic nitrogens is 2. The van der Waals surface area contributed by atoms with Crippen molar-refractivity contribution >= 4 is 39.0 Å². The van der Waals surface area contributed by atoms with Crippen LogP contribution < -0.4 is 5.32 Å². The minimum Gasteiger partial charge on any atom is -0.506 e. The van der Waals surface area contributed by atoms with E-state index in [1.807, 2.05) is 0 Å². The second-order valence-electron chi connectivity index (χ2n) is 2.98. The number of hydrogen-bond donors (Lipinski definition) is 2. The molecule has 0 aliphatic rings. The molecular formula is C10H7BrClN3O. The van der Waals surface area contributed by atoms with Crippen molar-refractivity contribution in [3.05, 3.63) is 40.2 Å². The van der Waals surface area contributed by atoms with Gasteiger partial charge in [0.15, 0.2) is 0 Å². The maximum Gasteiger partial charge on any atom is 0.224 e. The SMILES string of the molecule is Oc1ccccc1Nc1nc(Cl)ncc1Br. The number of anilines is 2. The molecule has 0 radical (unpaired) electrons. The lowest BCUT2D eigenvalue weighted by atomic mass is 10.3. The third-order valence-electron chi connectivity index (χ3n) is 1.87. The lowest BCUT2D eigenvalue weighted by Gasteiger charge is -2.08. The van der Waals surface area contributed by atoms with Gasteiger partial charge in [-0.05, 0) is 39.7 Å². The summed E-state index contributed by atoms with van der Waals surface area (Å²) in [6.45, 7) is 0. The Kier molecular flexibility index (Phi) is 3.26. The van der Waals surface area contributed by atoms with Gasteiger partial charge in [0.05, 0.1) is 10.2 Å². The van der Waals surface area contributed by atoms with Crippen LogP contribution in [0.25, 0.3) is 0 Å². The summed E-state index contributed by atoms with van der Waals surface area (Å²) in [5.74, 6) is 0.644. The highest BCUT2D eigenvalue weighted by Gasteiger charge is 2.06. The van der Waals surface area contributed by atoms with E-state index in [2.05, 4.69) is 31.2 Å². The molecule has 0 saturated heterocycles. The molecule has 0 bridgehead atoms. The molecule has 6 heteroatoms. The molecule has 0 fully saturated rings. The summed E-state index contributed by atoms with van der Waals surface area (Å²) in [6, 6.07) is 6.86. The largest absolute Gasteiger partial charge is 0.506 e. The Morgan fingerprint density at radius 3 is 2.81 bits per heavy atom. The fraction of sp³-hybridized carbons (Fsp3) is 0. The number of phenolic OH excluding ortho intramolecular Hbond substituents is 1. The van der Waals surface area contributed by atoms with Crippen molar-refractivity contribution in [3.63, 3.8) is 0 Å². The van der Waals surface area contributed by atoms with E-state index in [1.165, 1.54) is 6.20 Å². The van der Waals surface area contributed by atoms with Crippen molar-refractivity contribution in [3.8, 4) is 5.75 Å². The highest BCUT2D eigenvalue weighted by atomic mass is 79.9. The van der Waals surface area contributed by atoms with E-state index in [-0.39, 0.29) is 11.0 Å². The van der Waals surface area contributed by atoms with Crippen LogP contribution in [0.3, 0.4) is 0 Å². The number of halogens is 2. The van der Waals surface area contributed by atoms with Gasteiger partial charge in [-0.1, -0.05) is 12.1 Å². The second-order valence-corrected chi connectivity index (χ2v) is 4.17. The number of nitrogens with zero attached hydrogens (tertiary/aromatic N) is 2. The van der Waals surface area contributed by atoms with Crippen LogP contribution in [-0.2, 0) is 0 Å². The quantitative estimate of drug-likeness (QED) is 0.660. The van der Waals surface area contributed by atoms with Crippen molar-refractivity contribution in [1.82, 2.24) is 9.97 Å². The van der Waals surface area contributed by atoms with Gasteiger partial charge in [-0.25, -0.2) is 4.98 Å². The Hall–Kier alpha value is -1.33. The zero-order chi connectivity index (χ0) is 11.5. The molecule has 4 nitrogen and oxygen atoms in total. The monoisotopic (exact) mass is 299 g/mol. The maximum atomic E-state index is 9.58. The fourth-order valence-corrected chi connectivity index (χ4v) is 1.56. The van der Waals surface area contributed by atoms with Crippen LogP contribution in [0.5, 0.6) is 5.75 Å². The summed E-state index contributed by atoms with van der Waals surface area (Å²) in [5, 5.41) is 12.7. The molecule has 82 valence electrons. The predicted octanol–water partition coefficient (Wildman–Crippen LogP) is 3.34. The Labute approximate surface area is 105 Å². The first-order valence-electron chi connectivity index (χ1n) is 4.40. The number of nitrogens with one attached hydrogen (secondary N) is 1. The Balaban J connectivity index is 2.34. The van der Waals surface area contributed by atoms with Gasteiger partial charge < -0.3 is 10.4 Å². The van der Waals surface area contributed by atoms with E-state index in [9.17, 15) is 5.11 Å². The summed E-state index contributed by atoms with van der Waals surface area (Å²) in [7, 11) is 0. The van der Waals surface area contributed by atoms with Crippen LogP contribution >= 0.6 is 27.5 Å². The van der Waals surface area contributed by atoms with E-state index in [4.69, 9.17) is 11.6 Å². The van der Waals surface area contributed by atoms with E-state index in [0.717, 1.165) is 0 Å². The Morgan fingerprint density at radius 2 is 2.06 bits per heavy atom. The van der Waals surface area contributed by atoms with Gasteiger partial charge in [-0.3, -0.25) is 0 Å². The van der Waals surface area contributed by atoms with Crippen molar-refractivity contribution in [2.45, 2.75) is 0 Å². The first-order chi connectivity index (χ1) is 7.66. The van der Waals surface area contributed by atoms with Crippen LogP contribution in [-0.4, -0.2) is 15.1 Å². The van der Waals surface area contributed by atoms with Crippen LogP contribution in [0.4, 0.5) is 11.5 Å². The predicted molar refractivity (Wildman–Crippen MR) is 66.1 cm³/mol. The molecule has 0 aliphatic carbocycles. The summed E-state index contributed by atoms with van der Waals surface area (Å²) < 4.78 is 0.667. The first kappa shape index (κ1) is 11.2. The number of benzene rings is 1. The van der Waals surface area contributed by atoms with Crippen molar-refractivity contribution < 1.29 is 5.11 Å². The maximum absolute atomic E-state index is 9.58. The molecule has 0 spiro atoms. The molecule has 0 atom stereocenters. The second kappa shape index (κ2) is 4.67. The van der Waals surface area contributed by atoms with Gasteiger partial charge >= 0.3 is 0 Å². The van der Waals surface area contributed by atoms with Crippen molar-refractivity contribution in [2.75, 3.05) is 5.32 Å².